The van der Waals surface area contributed by atoms with Crippen LogP contribution >= 0.6 is 0 Å². The van der Waals surface area contributed by atoms with Gasteiger partial charge in [-0.25, -0.2) is 0 Å². The summed E-state index contributed by atoms with van der Waals surface area (Å²) in [5.74, 6) is 0.443. The van der Waals surface area contributed by atoms with Crippen molar-refractivity contribution >= 4 is 13.3 Å². The van der Waals surface area contributed by atoms with E-state index in [1.165, 1.54) is 42.9 Å². The Bertz CT molecular complexity index is 443. The second-order valence-electron chi connectivity index (χ2n) is 7.41. The molecule has 1 aliphatic rings. The minimum atomic E-state index is -1.43. The van der Waals surface area contributed by atoms with Gasteiger partial charge in [-0.05, 0) is 30.7 Å². The van der Waals surface area contributed by atoms with Crippen molar-refractivity contribution < 1.29 is 5.11 Å². The van der Waals surface area contributed by atoms with E-state index in [1.54, 1.807) is 0 Å². The van der Waals surface area contributed by atoms with Crippen molar-refractivity contribution in [3.8, 4) is 0 Å². The van der Waals surface area contributed by atoms with Crippen molar-refractivity contribution in [1.29, 1.82) is 0 Å². The van der Waals surface area contributed by atoms with Gasteiger partial charge < -0.3 is 5.11 Å². The van der Waals surface area contributed by atoms with Crippen LogP contribution in [-0.4, -0.2) is 13.2 Å². The lowest BCUT2D eigenvalue weighted by Crippen LogP contribution is -2.47. The zero-order valence-electron chi connectivity index (χ0n) is 13.6. The smallest absolute Gasteiger partial charge is 0.0920 e. The third kappa shape index (κ3) is 3.01. The molecule has 20 heavy (non-hydrogen) atoms. The summed E-state index contributed by atoms with van der Waals surface area (Å²) in [5, 5.41) is 12.9. The summed E-state index contributed by atoms with van der Waals surface area (Å²) >= 11 is 0. The van der Waals surface area contributed by atoms with Gasteiger partial charge in [0, 0.05) is 0 Å². The van der Waals surface area contributed by atoms with Gasteiger partial charge in [0.2, 0.25) is 0 Å². The predicted octanol–water partition coefficient (Wildman–Crippen LogP) is 4.41. The second kappa shape index (κ2) is 6.03. The molecule has 0 amide bonds. The lowest BCUT2D eigenvalue weighted by molar-refractivity contribution is -0.0413. The fourth-order valence-electron chi connectivity index (χ4n) is 3.79. The molecular weight excluding hydrogens is 260 g/mol. The predicted molar refractivity (Wildman–Crippen MR) is 90.2 cm³/mol. The molecule has 1 unspecified atom stereocenters. The van der Waals surface area contributed by atoms with Gasteiger partial charge in [0.05, 0.1) is 13.7 Å². The molecule has 2 heteroatoms. The molecular formula is C18H30OSi. The molecule has 1 aliphatic carbocycles. The fraction of sp³-hybridized carbons (Fsp3) is 0.667. The Balaban J connectivity index is 2.45. The van der Waals surface area contributed by atoms with E-state index in [9.17, 15) is 5.11 Å². The summed E-state index contributed by atoms with van der Waals surface area (Å²) in [5.41, 5.74) is 0.616. The minimum absolute atomic E-state index is 0.443. The highest BCUT2D eigenvalue weighted by Gasteiger charge is 2.40. The summed E-state index contributed by atoms with van der Waals surface area (Å²) in [6, 6.07) is 8.67. The zero-order valence-corrected chi connectivity index (χ0v) is 14.6. The van der Waals surface area contributed by atoms with E-state index in [0.717, 1.165) is 6.42 Å². The Labute approximate surface area is 125 Å². The normalized spacial score (nSPS) is 20.6. The minimum Gasteiger partial charge on any atom is -0.385 e. The molecule has 1 fully saturated rings. The van der Waals surface area contributed by atoms with Crippen molar-refractivity contribution in [2.24, 2.45) is 5.92 Å². The molecule has 112 valence electrons. The van der Waals surface area contributed by atoms with Gasteiger partial charge in [-0.15, -0.1) is 0 Å². The van der Waals surface area contributed by atoms with Crippen LogP contribution in [0.2, 0.25) is 19.6 Å². The van der Waals surface area contributed by atoms with E-state index in [4.69, 9.17) is 0 Å². The first kappa shape index (κ1) is 15.8. The van der Waals surface area contributed by atoms with Crippen LogP contribution < -0.4 is 5.19 Å². The van der Waals surface area contributed by atoms with Crippen LogP contribution in [-0.2, 0) is 5.60 Å². The highest BCUT2D eigenvalue weighted by atomic mass is 28.3. The fourth-order valence-corrected chi connectivity index (χ4v) is 5.50. The molecule has 2 rings (SSSR count). The van der Waals surface area contributed by atoms with Crippen molar-refractivity contribution in [3.05, 3.63) is 29.8 Å². The monoisotopic (exact) mass is 290 g/mol. The first-order valence-corrected chi connectivity index (χ1v) is 11.7. The van der Waals surface area contributed by atoms with E-state index in [-0.39, 0.29) is 0 Å². The Morgan fingerprint density at radius 1 is 1.10 bits per heavy atom. The lowest BCUT2D eigenvalue weighted by Gasteiger charge is -2.41. The van der Waals surface area contributed by atoms with Crippen LogP contribution in [0.4, 0.5) is 0 Å². The number of hydrogen-bond acceptors (Lipinski definition) is 1. The molecule has 1 N–H and O–H groups in total. The molecule has 0 spiro atoms. The van der Waals surface area contributed by atoms with E-state index < -0.39 is 13.7 Å². The first-order chi connectivity index (χ1) is 9.39. The van der Waals surface area contributed by atoms with Gasteiger partial charge in [-0.3, -0.25) is 0 Å². The van der Waals surface area contributed by atoms with Crippen molar-refractivity contribution in [2.75, 3.05) is 0 Å². The third-order valence-corrected chi connectivity index (χ3v) is 7.07. The maximum absolute atomic E-state index is 11.5. The van der Waals surface area contributed by atoms with Gasteiger partial charge in [-0.2, -0.15) is 0 Å². The van der Waals surface area contributed by atoms with Crippen molar-refractivity contribution in [1.82, 2.24) is 0 Å². The molecule has 1 nitrogen and oxygen atoms in total. The van der Waals surface area contributed by atoms with E-state index >= 15 is 0 Å². The summed E-state index contributed by atoms with van der Waals surface area (Å²) in [6.45, 7) is 9.28. The maximum atomic E-state index is 11.5. The lowest BCUT2D eigenvalue weighted by atomic mass is 9.72. The van der Waals surface area contributed by atoms with Crippen LogP contribution in [0.3, 0.4) is 0 Å². The van der Waals surface area contributed by atoms with E-state index in [1.807, 2.05) is 0 Å². The van der Waals surface area contributed by atoms with Gasteiger partial charge in [0.1, 0.15) is 0 Å². The van der Waals surface area contributed by atoms with Crippen LogP contribution in [0, 0.1) is 5.92 Å². The van der Waals surface area contributed by atoms with E-state index in [0.29, 0.717) is 5.92 Å². The van der Waals surface area contributed by atoms with Gasteiger partial charge >= 0.3 is 0 Å². The number of benzene rings is 1. The average Bonchev–Trinajstić information content (AvgIpc) is 2.46. The molecule has 1 aromatic rings. The molecule has 1 atom stereocenters. The molecule has 0 heterocycles. The molecule has 1 aromatic carbocycles. The number of hydrogen-bond donors (Lipinski definition) is 1. The second-order valence-corrected chi connectivity index (χ2v) is 12.4. The largest absolute Gasteiger partial charge is 0.385 e. The number of rotatable bonds is 4. The Morgan fingerprint density at radius 3 is 2.25 bits per heavy atom. The van der Waals surface area contributed by atoms with E-state index in [2.05, 4.69) is 50.8 Å². The summed E-state index contributed by atoms with van der Waals surface area (Å²) in [7, 11) is -1.43. The topological polar surface area (TPSA) is 20.2 Å². The van der Waals surface area contributed by atoms with Gasteiger partial charge in [-0.1, -0.05) is 75.3 Å². The van der Waals surface area contributed by atoms with Crippen LogP contribution in [0.1, 0.15) is 51.0 Å². The van der Waals surface area contributed by atoms with Gasteiger partial charge in [0.25, 0.3) is 0 Å². The number of aliphatic hydroxyl groups is 1. The van der Waals surface area contributed by atoms with Crippen molar-refractivity contribution in [2.45, 2.75) is 70.7 Å². The molecule has 0 bridgehead atoms. The highest BCUT2D eigenvalue weighted by molar-refractivity contribution is 6.89. The van der Waals surface area contributed by atoms with Crippen LogP contribution in [0.15, 0.2) is 24.3 Å². The highest BCUT2D eigenvalue weighted by Crippen LogP contribution is 2.41. The SMILES string of the molecule is CCC(O)(c1ccccc1[Si](C)(C)C)C1CCCCC1. The summed E-state index contributed by atoms with van der Waals surface area (Å²) in [4.78, 5) is 0. The molecule has 0 aromatic heterocycles. The molecule has 0 saturated heterocycles. The summed E-state index contributed by atoms with van der Waals surface area (Å²) < 4.78 is 0. The molecule has 0 radical (unpaired) electrons. The third-order valence-electron chi connectivity index (χ3n) is 5.02. The Kier molecular flexibility index (Phi) is 4.75. The Morgan fingerprint density at radius 2 is 1.70 bits per heavy atom. The Hall–Kier alpha value is -0.603. The summed E-state index contributed by atoms with van der Waals surface area (Å²) in [6.07, 6.45) is 7.10. The average molecular weight is 291 g/mol. The molecule has 1 saturated carbocycles. The first-order valence-electron chi connectivity index (χ1n) is 8.22. The maximum Gasteiger partial charge on any atom is 0.0920 e. The van der Waals surface area contributed by atoms with Crippen molar-refractivity contribution in [3.63, 3.8) is 0 Å². The standard InChI is InChI=1S/C18H30OSi/c1-5-18(19,15-11-7-6-8-12-15)16-13-9-10-14-17(16)20(2,3)4/h9-10,13-15,19H,5-8,11-12H2,1-4H3. The van der Waals surface area contributed by atoms with Crippen LogP contribution in [0.25, 0.3) is 0 Å². The van der Waals surface area contributed by atoms with Crippen LogP contribution in [0.5, 0.6) is 0 Å². The molecule has 0 aliphatic heterocycles. The quantitative estimate of drug-likeness (QED) is 0.814. The van der Waals surface area contributed by atoms with Gasteiger partial charge in [0.15, 0.2) is 0 Å². The zero-order chi connectivity index (χ0) is 14.8.